The Balaban J connectivity index is 2.07. The Morgan fingerprint density at radius 3 is 2.76 bits per heavy atom. The Hall–Kier alpha value is -1.83. The zero-order chi connectivity index (χ0) is 15.4. The molecule has 2 unspecified atom stereocenters. The maximum Gasteiger partial charge on any atom is 0.320 e. The van der Waals surface area contributed by atoms with E-state index < -0.39 is 24.3 Å². The molecule has 0 aromatic heterocycles. The number of hydrogen-bond donors (Lipinski definition) is 3. The quantitative estimate of drug-likeness (QED) is 0.624. The van der Waals surface area contributed by atoms with Crippen molar-refractivity contribution >= 4 is 17.9 Å². The van der Waals surface area contributed by atoms with E-state index in [2.05, 4.69) is 5.32 Å². The Morgan fingerprint density at radius 2 is 2.10 bits per heavy atom. The minimum Gasteiger partial charge on any atom is -0.481 e. The van der Waals surface area contributed by atoms with Crippen molar-refractivity contribution in [3.63, 3.8) is 0 Å². The van der Waals surface area contributed by atoms with Crippen LogP contribution in [0.2, 0.25) is 0 Å². The van der Waals surface area contributed by atoms with Gasteiger partial charge in [-0.05, 0) is 18.8 Å². The molecule has 0 aromatic carbocycles. The summed E-state index contributed by atoms with van der Waals surface area (Å²) >= 11 is 0. The van der Waals surface area contributed by atoms with Gasteiger partial charge in [-0.1, -0.05) is 0 Å². The minimum absolute atomic E-state index is 0.0306. The van der Waals surface area contributed by atoms with Gasteiger partial charge in [-0.15, -0.1) is 0 Å². The lowest BCUT2D eigenvalue weighted by atomic mass is 9.99. The van der Waals surface area contributed by atoms with Crippen molar-refractivity contribution in [2.45, 2.75) is 25.3 Å². The van der Waals surface area contributed by atoms with Gasteiger partial charge in [0.2, 0.25) is 5.91 Å². The Morgan fingerprint density at radius 1 is 1.33 bits per heavy atom. The smallest absolute Gasteiger partial charge is 0.320 e. The zero-order valence-corrected chi connectivity index (χ0v) is 11.8. The summed E-state index contributed by atoms with van der Waals surface area (Å²) in [6.45, 7) is 1.70. The molecule has 2 aliphatic rings. The molecule has 0 bridgehead atoms. The molecule has 2 heterocycles. The first kappa shape index (κ1) is 15.6. The van der Waals surface area contributed by atoms with Crippen LogP contribution in [-0.2, 0) is 9.59 Å². The summed E-state index contributed by atoms with van der Waals surface area (Å²) in [5.74, 6) is -1.48. The van der Waals surface area contributed by atoms with Gasteiger partial charge in [0, 0.05) is 32.8 Å². The van der Waals surface area contributed by atoms with E-state index in [1.807, 2.05) is 0 Å². The number of nitrogens with one attached hydrogen (secondary N) is 1. The van der Waals surface area contributed by atoms with E-state index in [-0.39, 0.29) is 18.6 Å². The summed E-state index contributed by atoms with van der Waals surface area (Å²) in [4.78, 5) is 38.2. The molecule has 2 aliphatic heterocycles. The van der Waals surface area contributed by atoms with Gasteiger partial charge in [0.25, 0.3) is 0 Å². The van der Waals surface area contributed by atoms with Gasteiger partial charge < -0.3 is 25.3 Å². The molecule has 3 N–H and O–H groups in total. The summed E-state index contributed by atoms with van der Waals surface area (Å²) in [6, 6.07) is -1.27. The number of aliphatic hydroxyl groups excluding tert-OH is 1. The summed E-state index contributed by atoms with van der Waals surface area (Å²) in [5.41, 5.74) is 0. The van der Waals surface area contributed by atoms with Crippen molar-refractivity contribution in [1.82, 2.24) is 15.1 Å². The molecule has 0 spiro atoms. The van der Waals surface area contributed by atoms with Crippen molar-refractivity contribution in [2.75, 3.05) is 32.8 Å². The molecule has 3 amide bonds. The van der Waals surface area contributed by atoms with Crippen LogP contribution in [0.5, 0.6) is 0 Å². The van der Waals surface area contributed by atoms with Crippen LogP contribution in [0.4, 0.5) is 4.79 Å². The van der Waals surface area contributed by atoms with Crippen LogP contribution in [0, 0.1) is 5.92 Å². The maximum absolute atomic E-state index is 12.5. The second kappa shape index (κ2) is 6.75. The molecule has 0 saturated carbocycles. The number of aliphatic carboxylic acids is 1. The number of piperidine rings is 1. The van der Waals surface area contributed by atoms with Gasteiger partial charge in [0.15, 0.2) is 0 Å². The molecule has 8 heteroatoms. The highest BCUT2D eigenvalue weighted by atomic mass is 16.4. The Bertz CT molecular complexity index is 428. The van der Waals surface area contributed by atoms with Gasteiger partial charge in [0.1, 0.15) is 6.04 Å². The fourth-order valence-corrected chi connectivity index (χ4v) is 2.88. The number of likely N-dealkylation sites (tertiary alicyclic amines) is 1. The highest BCUT2D eigenvalue weighted by Gasteiger charge is 2.37. The first-order chi connectivity index (χ1) is 10.0. The van der Waals surface area contributed by atoms with E-state index in [9.17, 15) is 19.5 Å². The molecule has 0 aliphatic carbocycles. The number of nitrogens with zero attached hydrogens (tertiary/aromatic N) is 2. The third kappa shape index (κ3) is 3.63. The number of aliphatic hydroxyl groups is 1. The van der Waals surface area contributed by atoms with E-state index >= 15 is 0 Å². The largest absolute Gasteiger partial charge is 0.481 e. The van der Waals surface area contributed by atoms with E-state index in [1.165, 1.54) is 4.90 Å². The summed E-state index contributed by atoms with van der Waals surface area (Å²) in [7, 11) is 0. The van der Waals surface area contributed by atoms with Crippen LogP contribution in [0.15, 0.2) is 0 Å². The van der Waals surface area contributed by atoms with Crippen molar-refractivity contribution in [1.29, 1.82) is 0 Å². The molecule has 0 aromatic rings. The van der Waals surface area contributed by atoms with Crippen LogP contribution in [0.25, 0.3) is 0 Å². The molecule has 2 saturated heterocycles. The molecule has 118 valence electrons. The molecular weight excluding hydrogens is 278 g/mol. The minimum atomic E-state index is -1.11. The van der Waals surface area contributed by atoms with E-state index in [0.717, 1.165) is 12.8 Å². The van der Waals surface area contributed by atoms with Crippen LogP contribution >= 0.6 is 0 Å². The lowest BCUT2D eigenvalue weighted by Crippen LogP contribution is -2.61. The lowest BCUT2D eigenvalue weighted by Gasteiger charge is -2.40. The van der Waals surface area contributed by atoms with E-state index in [0.29, 0.717) is 26.2 Å². The van der Waals surface area contributed by atoms with Crippen LogP contribution in [-0.4, -0.2) is 76.7 Å². The predicted molar refractivity (Wildman–Crippen MR) is 72.5 cm³/mol. The Kier molecular flexibility index (Phi) is 5.00. The predicted octanol–water partition coefficient (Wildman–Crippen LogP) is -0.914. The van der Waals surface area contributed by atoms with Crippen molar-refractivity contribution in [3.8, 4) is 0 Å². The van der Waals surface area contributed by atoms with E-state index in [4.69, 9.17) is 5.11 Å². The van der Waals surface area contributed by atoms with Gasteiger partial charge in [-0.3, -0.25) is 9.59 Å². The van der Waals surface area contributed by atoms with Crippen LogP contribution in [0.1, 0.15) is 19.3 Å². The standard InChI is InChI=1S/C13H21N3O5/c17-8-9-2-1-4-15(7-9)13(21)16-5-3-14-12(20)10(16)6-11(18)19/h9-10,17H,1-8H2,(H,14,20)(H,18,19). The molecule has 8 nitrogen and oxygen atoms in total. The van der Waals surface area contributed by atoms with E-state index in [1.54, 1.807) is 4.90 Å². The maximum atomic E-state index is 12.5. The monoisotopic (exact) mass is 299 g/mol. The summed E-state index contributed by atoms with van der Waals surface area (Å²) in [5, 5.41) is 20.7. The van der Waals surface area contributed by atoms with Gasteiger partial charge >= 0.3 is 12.0 Å². The molecule has 0 radical (unpaired) electrons. The van der Waals surface area contributed by atoms with Crippen LogP contribution < -0.4 is 5.32 Å². The number of hydrogen-bond acceptors (Lipinski definition) is 4. The normalized spacial score (nSPS) is 26.4. The number of rotatable bonds is 3. The fraction of sp³-hybridized carbons (Fsp3) is 0.769. The number of carboxylic acids is 1. The average Bonchev–Trinajstić information content (AvgIpc) is 2.48. The molecular formula is C13H21N3O5. The first-order valence-electron chi connectivity index (χ1n) is 7.19. The SMILES string of the molecule is O=C(O)CC1C(=O)NCCN1C(=O)N1CCCC(CO)C1. The second-order valence-corrected chi connectivity index (χ2v) is 5.52. The number of carboxylic acid groups (broad SMARTS) is 1. The first-order valence-corrected chi connectivity index (χ1v) is 7.19. The number of urea groups is 1. The molecule has 2 fully saturated rings. The summed E-state index contributed by atoms with van der Waals surface area (Å²) in [6.07, 6.45) is 1.29. The number of amides is 3. The molecule has 2 atom stereocenters. The number of carbonyl (C=O) groups is 3. The third-order valence-electron chi connectivity index (χ3n) is 3.99. The average molecular weight is 299 g/mol. The highest BCUT2D eigenvalue weighted by Crippen LogP contribution is 2.19. The van der Waals surface area contributed by atoms with Crippen molar-refractivity contribution in [2.24, 2.45) is 5.92 Å². The molecule has 2 rings (SSSR count). The van der Waals surface area contributed by atoms with Gasteiger partial charge in [-0.25, -0.2) is 4.79 Å². The van der Waals surface area contributed by atoms with Crippen molar-refractivity contribution < 1.29 is 24.6 Å². The van der Waals surface area contributed by atoms with Gasteiger partial charge in [-0.2, -0.15) is 0 Å². The van der Waals surface area contributed by atoms with Gasteiger partial charge in [0.05, 0.1) is 6.42 Å². The number of piperazine rings is 1. The molecule has 21 heavy (non-hydrogen) atoms. The zero-order valence-electron chi connectivity index (χ0n) is 11.8. The van der Waals surface area contributed by atoms with Crippen LogP contribution in [0.3, 0.4) is 0 Å². The Labute approximate surface area is 122 Å². The fourth-order valence-electron chi connectivity index (χ4n) is 2.88. The topological polar surface area (TPSA) is 110 Å². The highest BCUT2D eigenvalue weighted by molar-refractivity contribution is 5.91. The second-order valence-electron chi connectivity index (χ2n) is 5.52. The lowest BCUT2D eigenvalue weighted by molar-refractivity contribution is -0.142. The summed E-state index contributed by atoms with van der Waals surface area (Å²) < 4.78 is 0. The third-order valence-corrected chi connectivity index (χ3v) is 3.99. The van der Waals surface area contributed by atoms with Crippen molar-refractivity contribution in [3.05, 3.63) is 0 Å². The number of carbonyl (C=O) groups excluding carboxylic acids is 2.